The van der Waals surface area contributed by atoms with Crippen molar-refractivity contribution >= 4 is 29.4 Å². The highest BCUT2D eigenvalue weighted by molar-refractivity contribution is 6.00. The van der Waals surface area contributed by atoms with Gasteiger partial charge in [0, 0.05) is 23.6 Å². The third kappa shape index (κ3) is 10.7. The molecule has 0 spiro atoms. The molecule has 13 heteroatoms. The summed E-state index contributed by atoms with van der Waals surface area (Å²) in [7, 11) is 3.73. The standard InChI is InChI=1S/C43H64N2O11/c1-11-33-43(8,51)39-27(4)35(44-34(47)22-46)25(2)21-42(7,53-24-31(23-52-39)19-15-18-30-16-13-12-14-17-30)38(28(5)36(48)29(6)40(50)55-33)56-41-37(49)32(45(9)10)20-26(3)54-41/h12-19,25-29,32-33,37-39,41,46,49,51H,11,20-24H2,1-10H3/b18-15+,31-19-,44-35?/t25?,26-,27?,28+,29-,32+,33-,37?,38?,39?,41+,42-,43-/m1/s1. The number of benzene rings is 1. The molecule has 3 aliphatic heterocycles. The lowest BCUT2D eigenvalue weighted by molar-refractivity contribution is -0.296. The van der Waals surface area contributed by atoms with Crippen LogP contribution in [0.5, 0.6) is 0 Å². The molecular weight excluding hydrogens is 720 g/mol. The normalized spacial score (nSPS) is 39.6. The number of aliphatic hydroxyl groups is 3. The molecule has 0 aliphatic carbocycles. The highest BCUT2D eigenvalue weighted by Gasteiger charge is 2.53. The molecule has 3 saturated heterocycles. The maximum atomic E-state index is 14.5. The first kappa shape index (κ1) is 45.6. The van der Waals surface area contributed by atoms with E-state index in [4.69, 9.17) is 23.7 Å². The number of carbonyl (C=O) groups excluding carboxylic acids is 3. The molecule has 5 unspecified atom stereocenters. The predicted molar refractivity (Wildman–Crippen MR) is 212 cm³/mol. The summed E-state index contributed by atoms with van der Waals surface area (Å²) in [6.45, 7) is 12.9. The minimum Gasteiger partial charge on any atom is -0.459 e. The number of aliphatic imine (C=N–C) groups is 1. The predicted octanol–water partition coefficient (Wildman–Crippen LogP) is 4.16. The summed E-state index contributed by atoms with van der Waals surface area (Å²) in [6.07, 6.45) is 0.657. The number of ether oxygens (including phenoxy) is 5. The summed E-state index contributed by atoms with van der Waals surface area (Å²) in [4.78, 5) is 47.5. The van der Waals surface area contributed by atoms with Crippen molar-refractivity contribution in [3.8, 4) is 0 Å². The summed E-state index contributed by atoms with van der Waals surface area (Å²) >= 11 is 0. The lowest BCUT2D eigenvalue weighted by Gasteiger charge is -2.47. The van der Waals surface area contributed by atoms with Gasteiger partial charge in [0.05, 0.1) is 37.1 Å². The quantitative estimate of drug-likeness (QED) is 0.267. The molecule has 13 nitrogen and oxygen atoms in total. The molecule has 3 fully saturated rings. The fourth-order valence-corrected chi connectivity index (χ4v) is 8.53. The third-order valence-electron chi connectivity index (χ3n) is 11.7. The topological polar surface area (TPSA) is 174 Å². The fourth-order valence-electron chi connectivity index (χ4n) is 8.53. The van der Waals surface area contributed by atoms with Gasteiger partial charge >= 0.3 is 5.97 Å². The van der Waals surface area contributed by atoms with Crippen LogP contribution in [0, 0.1) is 23.7 Å². The second-order valence-electron chi connectivity index (χ2n) is 16.5. The van der Waals surface area contributed by atoms with E-state index in [0.29, 0.717) is 17.7 Å². The van der Waals surface area contributed by atoms with Crippen molar-refractivity contribution in [2.75, 3.05) is 33.9 Å². The average Bonchev–Trinajstić information content (AvgIpc) is 3.17. The minimum absolute atomic E-state index is 0.00139. The summed E-state index contributed by atoms with van der Waals surface area (Å²) in [6, 6.07) is 9.44. The number of likely N-dealkylation sites (N-methyl/N-ethyl adjacent to an activating group) is 1. The van der Waals surface area contributed by atoms with Crippen LogP contribution in [-0.2, 0) is 38.1 Å². The lowest BCUT2D eigenvalue weighted by atomic mass is 9.73. The zero-order valence-electron chi connectivity index (χ0n) is 34.7. The molecule has 1 amide bonds. The Morgan fingerprint density at radius 3 is 2.36 bits per heavy atom. The Labute approximate surface area is 332 Å². The van der Waals surface area contributed by atoms with E-state index < -0.39 is 89.8 Å². The van der Waals surface area contributed by atoms with Gasteiger partial charge in [-0.2, -0.15) is 0 Å². The van der Waals surface area contributed by atoms with Crippen molar-refractivity contribution in [2.45, 2.75) is 129 Å². The molecule has 0 radical (unpaired) electrons. The van der Waals surface area contributed by atoms with Crippen molar-refractivity contribution in [1.29, 1.82) is 0 Å². The Morgan fingerprint density at radius 2 is 1.73 bits per heavy atom. The minimum atomic E-state index is -1.84. The van der Waals surface area contributed by atoms with Crippen LogP contribution >= 0.6 is 0 Å². The van der Waals surface area contributed by atoms with E-state index in [1.165, 1.54) is 13.8 Å². The van der Waals surface area contributed by atoms with Gasteiger partial charge in [-0.05, 0) is 78.1 Å². The van der Waals surface area contributed by atoms with Crippen molar-refractivity contribution in [1.82, 2.24) is 4.90 Å². The molecule has 1 aromatic rings. The molecule has 3 aliphatic rings. The number of hydrogen-bond donors (Lipinski definition) is 3. The highest BCUT2D eigenvalue weighted by Crippen LogP contribution is 2.40. The summed E-state index contributed by atoms with van der Waals surface area (Å²) in [5.41, 5.74) is -1.23. The van der Waals surface area contributed by atoms with Gasteiger partial charge in [-0.1, -0.05) is 76.3 Å². The first-order valence-corrected chi connectivity index (χ1v) is 19.8. The number of nitrogens with zero attached hydrogens (tertiary/aromatic N) is 2. The highest BCUT2D eigenvalue weighted by atomic mass is 16.7. The Morgan fingerprint density at radius 1 is 1.05 bits per heavy atom. The molecule has 0 aromatic heterocycles. The molecule has 4 rings (SSSR count). The fraction of sp³-hybridized carbons (Fsp3) is 0.674. The molecule has 1 aromatic carbocycles. The van der Waals surface area contributed by atoms with Crippen LogP contribution in [0.4, 0.5) is 0 Å². The largest absolute Gasteiger partial charge is 0.459 e. The summed E-state index contributed by atoms with van der Waals surface area (Å²) < 4.78 is 32.5. The van der Waals surface area contributed by atoms with E-state index in [1.807, 2.05) is 88.3 Å². The molecule has 2 bridgehead atoms. The number of Topliss-reactive ketones (excluding diaryl/α,β-unsaturated/α-hetero) is 1. The maximum absolute atomic E-state index is 14.5. The van der Waals surface area contributed by atoms with Gasteiger partial charge in [-0.25, -0.2) is 4.99 Å². The van der Waals surface area contributed by atoms with Gasteiger partial charge < -0.3 is 43.9 Å². The van der Waals surface area contributed by atoms with E-state index in [0.717, 1.165) is 5.56 Å². The lowest BCUT2D eigenvalue weighted by Crippen LogP contribution is -2.60. The number of hydrogen-bond acceptors (Lipinski definition) is 12. The molecule has 56 heavy (non-hydrogen) atoms. The Bertz CT molecular complexity index is 1590. The average molecular weight is 785 g/mol. The number of rotatable bonds is 7. The van der Waals surface area contributed by atoms with Crippen LogP contribution in [0.3, 0.4) is 0 Å². The second-order valence-corrected chi connectivity index (χ2v) is 16.5. The Balaban J connectivity index is 1.98. The van der Waals surface area contributed by atoms with E-state index in [9.17, 15) is 29.7 Å². The molecule has 0 saturated carbocycles. The van der Waals surface area contributed by atoms with E-state index in [1.54, 1.807) is 20.8 Å². The maximum Gasteiger partial charge on any atom is 0.316 e. The van der Waals surface area contributed by atoms with Crippen LogP contribution in [-0.4, -0.2) is 132 Å². The monoisotopic (exact) mass is 784 g/mol. The number of allylic oxidation sites excluding steroid dienone is 2. The molecule has 312 valence electrons. The van der Waals surface area contributed by atoms with Crippen LogP contribution in [0.1, 0.15) is 80.2 Å². The van der Waals surface area contributed by atoms with Crippen molar-refractivity contribution in [3.63, 3.8) is 0 Å². The van der Waals surface area contributed by atoms with Crippen LogP contribution in [0.15, 0.2) is 53.0 Å². The number of carbonyl (C=O) groups is 3. The van der Waals surface area contributed by atoms with Crippen LogP contribution in [0.2, 0.25) is 0 Å². The van der Waals surface area contributed by atoms with Crippen LogP contribution in [0.25, 0.3) is 6.08 Å². The number of esters is 1. The Kier molecular flexibility index (Phi) is 15.9. The summed E-state index contributed by atoms with van der Waals surface area (Å²) in [5, 5.41) is 33.9. The van der Waals surface area contributed by atoms with Crippen molar-refractivity contribution < 1.29 is 53.4 Å². The van der Waals surface area contributed by atoms with Gasteiger partial charge in [0.15, 0.2) is 12.1 Å². The van der Waals surface area contributed by atoms with Gasteiger partial charge in [0.25, 0.3) is 5.91 Å². The molecule has 13 atom stereocenters. The Hall–Kier alpha value is -3.14. The zero-order valence-corrected chi connectivity index (χ0v) is 34.7. The summed E-state index contributed by atoms with van der Waals surface area (Å²) in [5.74, 6) is -5.69. The first-order chi connectivity index (χ1) is 26.3. The van der Waals surface area contributed by atoms with Crippen molar-refractivity contribution in [3.05, 3.63) is 53.6 Å². The van der Waals surface area contributed by atoms with Gasteiger partial charge in [0.2, 0.25) is 0 Å². The molecular formula is C43H64N2O11. The number of cyclic esters (lactones) is 1. The number of amides is 1. The van der Waals surface area contributed by atoms with Gasteiger partial charge in [-0.15, -0.1) is 0 Å². The molecule has 3 heterocycles. The third-order valence-corrected chi connectivity index (χ3v) is 11.7. The SMILES string of the molecule is CC[C@H]1OC(=O)[C@H](C)C(=O)[C@H](C)C(O[C@@H]2O[C@H](C)C[C@H](N(C)C)C2O)[C@@]2(C)CC(C)C(=NC(=O)CO)C(C)C(OC/C(=C/C=C/c3ccccc3)CO2)[C@]1(C)O. The van der Waals surface area contributed by atoms with E-state index >= 15 is 0 Å². The van der Waals surface area contributed by atoms with E-state index in [-0.39, 0.29) is 38.2 Å². The van der Waals surface area contributed by atoms with E-state index in [2.05, 4.69) is 4.99 Å². The number of fused-ring (bicyclic) bond motifs is 5. The second kappa shape index (κ2) is 19.5. The van der Waals surface area contributed by atoms with Gasteiger partial charge in [-0.3, -0.25) is 14.4 Å². The number of ketones is 1. The van der Waals surface area contributed by atoms with Crippen LogP contribution < -0.4 is 0 Å². The number of aliphatic hydroxyl groups excluding tert-OH is 2. The first-order valence-electron chi connectivity index (χ1n) is 19.8. The van der Waals surface area contributed by atoms with Gasteiger partial charge in [0.1, 0.15) is 30.3 Å². The molecule has 3 N–H and O–H groups in total. The zero-order chi connectivity index (χ0) is 41.5. The smallest absolute Gasteiger partial charge is 0.316 e. The van der Waals surface area contributed by atoms with Crippen molar-refractivity contribution in [2.24, 2.45) is 28.7 Å².